The van der Waals surface area contributed by atoms with Crippen molar-refractivity contribution in [3.63, 3.8) is 0 Å². The third kappa shape index (κ3) is 3.32. The Kier molecular flexibility index (Phi) is 3.81. The highest BCUT2D eigenvalue weighted by Crippen LogP contribution is 2.25. The normalized spacial score (nSPS) is 10.3. The van der Waals surface area contributed by atoms with Gasteiger partial charge in [0.15, 0.2) is 5.69 Å². The molecule has 1 aromatic heterocycles. The first-order valence-electron chi connectivity index (χ1n) is 5.12. The summed E-state index contributed by atoms with van der Waals surface area (Å²) in [6.07, 6.45) is 0. The van der Waals surface area contributed by atoms with Crippen LogP contribution in [0.15, 0.2) is 39.8 Å². The second-order valence-corrected chi connectivity index (χ2v) is 4.57. The highest BCUT2D eigenvalue weighted by Gasteiger charge is 2.11. The summed E-state index contributed by atoms with van der Waals surface area (Å²) in [5.41, 5.74) is -0.114. The largest absolute Gasteiger partial charge is 0.476 e. The molecule has 0 amide bonds. The highest BCUT2D eigenvalue weighted by atomic mass is 32.2. The molecular formula is C11H8N2O5S. The Morgan fingerprint density at radius 2 is 2.11 bits per heavy atom. The lowest BCUT2D eigenvalue weighted by Crippen LogP contribution is -1.94. The number of carbonyl (C=O) groups is 1. The first-order chi connectivity index (χ1) is 9.06. The van der Waals surface area contributed by atoms with Gasteiger partial charge in [0.1, 0.15) is 5.76 Å². The molecule has 1 N–H and O–H groups in total. The molecule has 2 rings (SSSR count). The number of hydrogen-bond acceptors (Lipinski definition) is 6. The molecule has 0 radical (unpaired) electrons. The van der Waals surface area contributed by atoms with Crippen LogP contribution in [0.4, 0.5) is 5.69 Å². The highest BCUT2D eigenvalue weighted by molar-refractivity contribution is 7.98. The van der Waals surface area contributed by atoms with Crippen molar-refractivity contribution in [3.05, 3.63) is 51.9 Å². The molecule has 0 aliphatic rings. The van der Waals surface area contributed by atoms with Gasteiger partial charge in [-0.2, -0.15) is 0 Å². The maximum absolute atomic E-state index is 10.6. The Labute approximate surface area is 111 Å². The van der Waals surface area contributed by atoms with E-state index in [0.29, 0.717) is 11.5 Å². The van der Waals surface area contributed by atoms with Crippen molar-refractivity contribution < 1.29 is 19.3 Å². The van der Waals surface area contributed by atoms with E-state index >= 15 is 0 Å². The number of nitro benzene ring substituents is 1. The summed E-state index contributed by atoms with van der Waals surface area (Å²) in [4.78, 5) is 21.4. The average molecular weight is 280 g/mol. The van der Waals surface area contributed by atoms with Crippen LogP contribution in [-0.4, -0.2) is 21.2 Å². The van der Waals surface area contributed by atoms with Crippen LogP contribution in [0.2, 0.25) is 0 Å². The van der Waals surface area contributed by atoms with Gasteiger partial charge in [-0.05, 0) is 12.1 Å². The lowest BCUT2D eigenvalue weighted by atomic mass is 10.3. The van der Waals surface area contributed by atoms with E-state index in [1.807, 2.05) is 0 Å². The number of benzene rings is 1. The second kappa shape index (κ2) is 5.53. The van der Waals surface area contributed by atoms with Crippen molar-refractivity contribution >= 4 is 23.4 Å². The molecule has 0 bridgehead atoms. The van der Waals surface area contributed by atoms with Crippen molar-refractivity contribution in [1.29, 1.82) is 0 Å². The van der Waals surface area contributed by atoms with Crippen molar-refractivity contribution in [2.45, 2.75) is 10.6 Å². The van der Waals surface area contributed by atoms with E-state index in [4.69, 9.17) is 9.63 Å². The molecule has 0 atom stereocenters. The monoisotopic (exact) mass is 280 g/mol. The first-order valence-corrected chi connectivity index (χ1v) is 6.11. The summed E-state index contributed by atoms with van der Waals surface area (Å²) < 4.78 is 4.85. The van der Waals surface area contributed by atoms with E-state index < -0.39 is 10.9 Å². The number of non-ortho nitro benzene ring substituents is 1. The lowest BCUT2D eigenvalue weighted by Gasteiger charge is -1.98. The topological polar surface area (TPSA) is 106 Å². The quantitative estimate of drug-likeness (QED) is 0.509. The maximum Gasteiger partial charge on any atom is 0.358 e. The minimum atomic E-state index is -1.14. The molecule has 8 heteroatoms. The van der Waals surface area contributed by atoms with E-state index in [1.165, 1.54) is 30.0 Å². The van der Waals surface area contributed by atoms with Crippen LogP contribution < -0.4 is 0 Å². The molecule has 2 aromatic rings. The maximum atomic E-state index is 10.6. The summed E-state index contributed by atoms with van der Waals surface area (Å²) >= 11 is 1.37. The summed E-state index contributed by atoms with van der Waals surface area (Å²) in [6.45, 7) is 0. The van der Waals surface area contributed by atoms with Crippen molar-refractivity contribution in [3.8, 4) is 0 Å². The van der Waals surface area contributed by atoms with Crippen molar-refractivity contribution in [1.82, 2.24) is 5.16 Å². The van der Waals surface area contributed by atoms with E-state index in [9.17, 15) is 14.9 Å². The number of aromatic carboxylic acids is 1. The SMILES string of the molecule is O=C(O)c1cc(CSc2ccc([N+](=O)[O-])cc2)on1. The van der Waals surface area contributed by atoms with Crippen LogP contribution in [0.3, 0.4) is 0 Å². The van der Waals surface area contributed by atoms with Gasteiger partial charge in [0.25, 0.3) is 5.69 Å². The molecule has 19 heavy (non-hydrogen) atoms. The number of thioether (sulfide) groups is 1. The van der Waals surface area contributed by atoms with Crippen LogP contribution in [-0.2, 0) is 5.75 Å². The summed E-state index contributed by atoms with van der Waals surface area (Å²) in [5.74, 6) is -0.311. The molecule has 0 spiro atoms. The van der Waals surface area contributed by atoms with Gasteiger partial charge in [-0.15, -0.1) is 11.8 Å². The van der Waals surface area contributed by atoms with Gasteiger partial charge in [0.2, 0.25) is 0 Å². The molecule has 1 aromatic carbocycles. The summed E-state index contributed by atoms with van der Waals surface area (Å²) in [5, 5.41) is 22.5. The molecule has 0 aliphatic carbocycles. The predicted molar refractivity (Wildman–Crippen MR) is 66.1 cm³/mol. The molecule has 0 saturated carbocycles. The van der Waals surface area contributed by atoms with E-state index in [-0.39, 0.29) is 11.4 Å². The van der Waals surface area contributed by atoms with Gasteiger partial charge in [0, 0.05) is 23.1 Å². The van der Waals surface area contributed by atoms with Gasteiger partial charge < -0.3 is 9.63 Å². The lowest BCUT2D eigenvalue weighted by molar-refractivity contribution is -0.384. The second-order valence-electron chi connectivity index (χ2n) is 3.52. The Morgan fingerprint density at radius 3 is 2.63 bits per heavy atom. The third-order valence-electron chi connectivity index (χ3n) is 2.21. The van der Waals surface area contributed by atoms with Crippen LogP contribution in [0, 0.1) is 10.1 Å². The van der Waals surface area contributed by atoms with Gasteiger partial charge in [0.05, 0.1) is 10.7 Å². The Balaban J connectivity index is 1.97. The number of rotatable bonds is 5. The van der Waals surface area contributed by atoms with Gasteiger partial charge in [-0.1, -0.05) is 5.16 Å². The zero-order valence-corrected chi connectivity index (χ0v) is 10.3. The number of nitro groups is 1. The molecule has 1 heterocycles. The van der Waals surface area contributed by atoms with Crippen LogP contribution in [0.5, 0.6) is 0 Å². The van der Waals surface area contributed by atoms with Crippen LogP contribution in [0.1, 0.15) is 16.2 Å². The van der Waals surface area contributed by atoms with Crippen molar-refractivity contribution in [2.24, 2.45) is 0 Å². The fourth-order valence-corrected chi connectivity index (χ4v) is 2.07. The van der Waals surface area contributed by atoms with Crippen LogP contribution in [0.25, 0.3) is 0 Å². The minimum absolute atomic E-state index is 0.0252. The standard InChI is InChI=1S/C11H8N2O5S/c14-11(15)10-5-8(18-12-10)6-19-9-3-1-7(2-4-9)13(16)17/h1-5H,6H2,(H,14,15). The summed E-state index contributed by atoms with van der Waals surface area (Å²) in [6, 6.07) is 7.41. The molecule has 0 fully saturated rings. The molecule has 7 nitrogen and oxygen atoms in total. The van der Waals surface area contributed by atoms with Crippen LogP contribution >= 0.6 is 11.8 Å². The smallest absolute Gasteiger partial charge is 0.358 e. The molecule has 0 saturated heterocycles. The third-order valence-corrected chi connectivity index (χ3v) is 3.24. The Hall–Kier alpha value is -2.35. The zero-order valence-electron chi connectivity index (χ0n) is 9.48. The number of hydrogen-bond donors (Lipinski definition) is 1. The number of carboxylic acids is 1. The molecule has 0 unspecified atom stereocenters. The Morgan fingerprint density at radius 1 is 1.42 bits per heavy atom. The Bertz CT molecular complexity index is 608. The molecule has 98 valence electrons. The van der Waals surface area contributed by atoms with Gasteiger partial charge >= 0.3 is 5.97 Å². The summed E-state index contributed by atoms with van der Waals surface area (Å²) in [7, 11) is 0. The molecule has 0 aliphatic heterocycles. The van der Waals surface area contributed by atoms with E-state index in [0.717, 1.165) is 4.90 Å². The van der Waals surface area contributed by atoms with E-state index in [1.54, 1.807) is 12.1 Å². The van der Waals surface area contributed by atoms with E-state index in [2.05, 4.69) is 5.16 Å². The molecular weight excluding hydrogens is 272 g/mol. The number of carboxylic acid groups (broad SMARTS) is 1. The predicted octanol–water partition coefficient (Wildman–Crippen LogP) is 2.57. The fourth-order valence-electron chi connectivity index (χ4n) is 1.30. The zero-order chi connectivity index (χ0) is 13.8. The van der Waals surface area contributed by atoms with Gasteiger partial charge in [-0.25, -0.2) is 4.79 Å². The number of nitrogens with zero attached hydrogens (tertiary/aromatic N) is 2. The van der Waals surface area contributed by atoms with Crippen molar-refractivity contribution in [2.75, 3.05) is 0 Å². The number of aromatic nitrogens is 1. The minimum Gasteiger partial charge on any atom is -0.476 e. The van der Waals surface area contributed by atoms with Gasteiger partial charge in [-0.3, -0.25) is 10.1 Å². The fraction of sp³-hybridized carbons (Fsp3) is 0.0909. The average Bonchev–Trinajstić information content (AvgIpc) is 2.86. The first kappa shape index (κ1) is 13.1.